The second-order valence-corrected chi connectivity index (χ2v) is 5.60. The summed E-state index contributed by atoms with van der Waals surface area (Å²) in [6.45, 7) is 8.10. The van der Waals surface area contributed by atoms with Crippen LogP contribution in [0.15, 0.2) is 12.1 Å². The first-order valence-corrected chi connectivity index (χ1v) is 7.21. The van der Waals surface area contributed by atoms with E-state index >= 15 is 0 Å². The molecule has 0 aromatic heterocycles. The van der Waals surface area contributed by atoms with Crippen LogP contribution in [-0.2, 0) is 0 Å². The van der Waals surface area contributed by atoms with Crippen molar-refractivity contribution in [2.75, 3.05) is 21.2 Å². The molecule has 3 heteroatoms. The van der Waals surface area contributed by atoms with Gasteiger partial charge in [-0.3, -0.25) is 9.69 Å². The van der Waals surface area contributed by atoms with Crippen LogP contribution < -0.4 is 4.74 Å². The van der Waals surface area contributed by atoms with Crippen molar-refractivity contribution in [3.8, 4) is 5.75 Å². The van der Waals surface area contributed by atoms with Crippen molar-refractivity contribution in [3.05, 3.63) is 28.8 Å². The first-order chi connectivity index (χ1) is 9.33. The van der Waals surface area contributed by atoms with Crippen LogP contribution >= 0.6 is 0 Å². The Morgan fingerprint density at radius 3 is 2.10 bits per heavy atom. The van der Waals surface area contributed by atoms with Crippen LogP contribution in [0, 0.1) is 13.8 Å². The Kier molecular flexibility index (Phi) is 5.35. The molecule has 0 spiro atoms. The summed E-state index contributed by atoms with van der Waals surface area (Å²) in [5.41, 5.74) is 2.36. The summed E-state index contributed by atoms with van der Waals surface area (Å²) in [5, 5.41) is 0. The molecule has 0 heterocycles. The third kappa shape index (κ3) is 2.73. The molecule has 0 fully saturated rings. The molecule has 0 aliphatic carbocycles. The monoisotopic (exact) mass is 277 g/mol. The predicted molar refractivity (Wildman–Crippen MR) is 83.8 cm³/mol. The lowest BCUT2D eigenvalue weighted by molar-refractivity contribution is 0.0655. The number of hydrogen-bond donors (Lipinski definition) is 0. The fraction of sp³-hybridized carbons (Fsp3) is 0.588. The van der Waals surface area contributed by atoms with E-state index in [0.29, 0.717) is 0 Å². The van der Waals surface area contributed by atoms with Gasteiger partial charge >= 0.3 is 0 Å². The normalized spacial score (nSPS) is 11.8. The van der Waals surface area contributed by atoms with Gasteiger partial charge in [0.1, 0.15) is 5.75 Å². The van der Waals surface area contributed by atoms with Gasteiger partial charge < -0.3 is 4.74 Å². The van der Waals surface area contributed by atoms with E-state index in [2.05, 4.69) is 13.8 Å². The number of likely N-dealkylation sites (N-methyl/N-ethyl adjacent to an activating group) is 1. The number of ether oxygens (including phenoxy) is 1. The Balaban J connectivity index is 3.37. The third-order valence-corrected chi connectivity index (χ3v) is 4.43. The molecule has 1 aromatic carbocycles. The minimum Gasteiger partial charge on any atom is -0.496 e. The Hall–Kier alpha value is -1.35. The van der Waals surface area contributed by atoms with E-state index in [4.69, 9.17) is 4.74 Å². The second-order valence-electron chi connectivity index (χ2n) is 5.60. The number of ketones is 1. The summed E-state index contributed by atoms with van der Waals surface area (Å²) in [7, 11) is 5.62. The van der Waals surface area contributed by atoms with Crippen molar-refractivity contribution in [2.45, 2.75) is 46.1 Å². The maximum atomic E-state index is 13.1. The van der Waals surface area contributed by atoms with Gasteiger partial charge in [0.2, 0.25) is 0 Å². The minimum absolute atomic E-state index is 0.204. The quantitative estimate of drug-likeness (QED) is 0.744. The Morgan fingerprint density at radius 1 is 1.15 bits per heavy atom. The van der Waals surface area contributed by atoms with Gasteiger partial charge in [-0.15, -0.1) is 0 Å². The highest BCUT2D eigenvalue weighted by molar-refractivity contribution is 6.04. The average Bonchev–Trinajstić information content (AvgIpc) is 2.42. The minimum atomic E-state index is -0.425. The van der Waals surface area contributed by atoms with Crippen LogP contribution in [0.4, 0.5) is 0 Å². The topological polar surface area (TPSA) is 29.5 Å². The van der Waals surface area contributed by atoms with E-state index in [1.807, 2.05) is 45.0 Å². The average molecular weight is 277 g/mol. The van der Waals surface area contributed by atoms with Crippen LogP contribution in [-0.4, -0.2) is 37.4 Å². The molecule has 0 aliphatic rings. The first-order valence-electron chi connectivity index (χ1n) is 7.21. The standard InChI is InChI=1S/C17H27NO2/c1-8-17(9-2,18(5)6)16(19)14-10-13(4)15(20-7)11-12(14)3/h10-11H,8-9H2,1-7H3. The molecule has 0 amide bonds. The maximum Gasteiger partial charge on any atom is 0.183 e. The molecule has 1 rings (SSSR count). The molecular weight excluding hydrogens is 250 g/mol. The Morgan fingerprint density at radius 2 is 1.70 bits per heavy atom. The molecule has 0 N–H and O–H groups in total. The van der Waals surface area contributed by atoms with Crippen LogP contribution in [0.2, 0.25) is 0 Å². The van der Waals surface area contributed by atoms with Crippen molar-refractivity contribution in [1.29, 1.82) is 0 Å². The molecule has 0 saturated heterocycles. The molecule has 0 atom stereocenters. The zero-order chi connectivity index (χ0) is 15.5. The van der Waals surface area contributed by atoms with Crippen LogP contribution in [0.25, 0.3) is 0 Å². The maximum absolute atomic E-state index is 13.1. The van der Waals surface area contributed by atoms with Crippen molar-refractivity contribution in [2.24, 2.45) is 0 Å². The lowest BCUT2D eigenvalue weighted by Crippen LogP contribution is -2.50. The highest BCUT2D eigenvalue weighted by atomic mass is 16.5. The van der Waals surface area contributed by atoms with Crippen molar-refractivity contribution in [3.63, 3.8) is 0 Å². The van der Waals surface area contributed by atoms with E-state index in [1.54, 1.807) is 7.11 Å². The van der Waals surface area contributed by atoms with Gasteiger partial charge in [0.15, 0.2) is 5.78 Å². The van der Waals surface area contributed by atoms with Crippen molar-refractivity contribution >= 4 is 5.78 Å². The SMILES string of the molecule is CCC(CC)(C(=O)c1cc(C)c(OC)cc1C)N(C)C. The van der Waals surface area contributed by atoms with Gasteiger partial charge in [-0.2, -0.15) is 0 Å². The molecule has 0 aliphatic heterocycles. The summed E-state index contributed by atoms with van der Waals surface area (Å²) in [4.78, 5) is 15.1. The fourth-order valence-corrected chi connectivity index (χ4v) is 2.91. The van der Waals surface area contributed by atoms with Gasteiger partial charge in [0.25, 0.3) is 0 Å². The highest BCUT2D eigenvalue weighted by Crippen LogP contribution is 2.30. The van der Waals surface area contributed by atoms with Crippen molar-refractivity contribution in [1.82, 2.24) is 4.90 Å². The molecule has 1 aromatic rings. The molecule has 0 radical (unpaired) electrons. The number of carbonyl (C=O) groups is 1. The number of hydrogen-bond acceptors (Lipinski definition) is 3. The van der Waals surface area contributed by atoms with E-state index in [9.17, 15) is 4.79 Å². The van der Waals surface area contributed by atoms with Gasteiger partial charge in [0.05, 0.1) is 12.6 Å². The molecule has 0 saturated carbocycles. The summed E-state index contributed by atoms with van der Waals surface area (Å²) >= 11 is 0. The Labute approximate surface area is 122 Å². The van der Waals surface area contributed by atoms with E-state index in [0.717, 1.165) is 35.3 Å². The van der Waals surface area contributed by atoms with Crippen LogP contribution in [0.1, 0.15) is 48.2 Å². The number of Topliss-reactive ketones (excluding diaryl/α,β-unsaturated/α-hetero) is 1. The summed E-state index contributed by atoms with van der Waals surface area (Å²) in [5.74, 6) is 1.04. The number of rotatable bonds is 6. The lowest BCUT2D eigenvalue weighted by atomic mass is 9.81. The zero-order valence-electron chi connectivity index (χ0n) is 13.8. The molecule has 3 nitrogen and oxygen atoms in total. The second kappa shape index (κ2) is 6.40. The highest BCUT2D eigenvalue weighted by Gasteiger charge is 2.38. The number of benzene rings is 1. The van der Waals surface area contributed by atoms with Gasteiger partial charge in [-0.25, -0.2) is 0 Å². The number of aryl methyl sites for hydroxylation is 2. The molecule has 112 valence electrons. The van der Waals surface area contributed by atoms with Gasteiger partial charge in [0, 0.05) is 5.56 Å². The van der Waals surface area contributed by atoms with Crippen LogP contribution in [0.5, 0.6) is 5.75 Å². The van der Waals surface area contributed by atoms with E-state index in [-0.39, 0.29) is 5.78 Å². The predicted octanol–water partition coefficient (Wildman–Crippen LogP) is 3.62. The first kappa shape index (κ1) is 16.7. The zero-order valence-corrected chi connectivity index (χ0v) is 13.8. The fourth-order valence-electron chi connectivity index (χ4n) is 2.91. The van der Waals surface area contributed by atoms with Crippen molar-refractivity contribution < 1.29 is 9.53 Å². The lowest BCUT2D eigenvalue weighted by Gasteiger charge is -2.37. The number of methoxy groups -OCH3 is 1. The number of nitrogens with zero attached hydrogens (tertiary/aromatic N) is 1. The summed E-state index contributed by atoms with van der Waals surface area (Å²) in [6.07, 6.45) is 1.61. The Bertz CT molecular complexity index is 488. The number of carbonyl (C=O) groups excluding carboxylic acids is 1. The molecule has 0 unspecified atom stereocenters. The summed E-state index contributed by atoms with van der Waals surface area (Å²) in [6, 6.07) is 3.91. The molecule has 20 heavy (non-hydrogen) atoms. The van der Waals surface area contributed by atoms with E-state index < -0.39 is 5.54 Å². The van der Waals surface area contributed by atoms with Gasteiger partial charge in [-0.05, 0) is 64.0 Å². The third-order valence-electron chi connectivity index (χ3n) is 4.43. The smallest absolute Gasteiger partial charge is 0.183 e. The van der Waals surface area contributed by atoms with Crippen LogP contribution in [0.3, 0.4) is 0 Å². The molecule has 0 bridgehead atoms. The molecular formula is C17H27NO2. The van der Waals surface area contributed by atoms with E-state index in [1.165, 1.54) is 0 Å². The van der Waals surface area contributed by atoms with Gasteiger partial charge in [-0.1, -0.05) is 13.8 Å². The largest absolute Gasteiger partial charge is 0.496 e. The summed E-state index contributed by atoms with van der Waals surface area (Å²) < 4.78 is 5.32.